The Bertz CT molecular complexity index is 412. The van der Waals surface area contributed by atoms with Gasteiger partial charge in [0.05, 0.1) is 6.61 Å². The van der Waals surface area contributed by atoms with E-state index in [0.29, 0.717) is 0 Å². The highest BCUT2D eigenvalue weighted by Crippen LogP contribution is 2.25. The van der Waals surface area contributed by atoms with Gasteiger partial charge in [-0.2, -0.15) is 0 Å². The van der Waals surface area contributed by atoms with Crippen LogP contribution in [0.4, 0.5) is 0 Å². The van der Waals surface area contributed by atoms with Crippen LogP contribution in [0.3, 0.4) is 0 Å². The van der Waals surface area contributed by atoms with E-state index in [9.17, 15) is 0 Å². The molecule has 1 aliphatic heterocycles. The minimum absolute atomic E-state index is 0.157. The maximum Gasteiger partial charge on any atom is 0.119 e. The molecule has 0 bridgehead atoms. The van der Waals surface area contributed by atoms with Gasteiger partial charge in [0, 0.05) is 6.54 Å². The number of piperidine rings is 1. The van der Waals surface area contributed by atoms with Crippen LogP contribution in [-0.4, -0.2) is 37.7 Å². The van der Waals surface area contributed by atoms with Gasteiger partial charge in [-0.25, -0.2) is 0 Å². The number of hydrogen-bond donors (Lipinski definition) is 1. The van der Waals surface area contributed by atoms with Crippen molar-refractivity contribution in [1.29, 1.82) is 0 Å². The molecule has 0 saturated carbocycles. The Labute approximate surface area is 129 Å². The van der Waals surface area contributed by atoms with Crippen LogP contribution in [-0.2, 0) is 6.42 Å². The van der Waals surface area contributed by atoms with Crippen molar-refractivity contribution in [2.45, 2.75) is 39.5 Å². The van der Waals surface area contributed by atoms with Gasteiger partial charge >= 0.3 is 0 Å². The number of benzene rings is 1. The Morgan fingerprint density at radius 2 is 1.81 bits per heavy atom. The van der Waals surface area contributed by atoms with E-state index in [1.165, 1.54) is 37.9 Å². The first-order valence-corrected chi connectivity index (χ1v) is 8.29. The van der Waals surface area contributed by atoms with Crippen molar-refractivity contribution >= 4 is 0 Å². The fourth-order valence-electron chi connectivity index (χ4n) is 3.21. The van der Waals surface area contributed by atoms with Gasteiger partial charge in [0.25, 0.3) is 0 Å². The number of nitrogens with zero attached hydrogens (tertiary/aromatic N) is 1. The minimum atomic E-state index is 0.157. The summed E-state index contributed by atoms with van der Waals surface area (Å²) < 4.78 is 5.51. The summed E-state index contributed by atoms with van der Waals surface area (Å²) in [6, 6.07) is 8.48. The molecule has 118 valence electrons. The number of nitrogens with two attached hydrogens (primary N) is 1. The predicted molar refractivity (Wildman–Crippen MR) is 88.8 cm³/mol. The second kappa shape index (κ2) is 7.81. The van der Waals surface area contributed by atoms with Gasteiger partial charge in [0.1, 0.15) is 5.75 Å². The maximum atomic E-state index is 6.10. The van der Waals surface area contributed by atoms with Crippen molar-refractivity contribution in [3.05, 3.63) is 29.8 Å². The quantitative estimate of drug-likeness (QED) is 0.838. The van der Waals surface area contributed by atoms with Crippen molar-refractivity contribution in [2.24, 2.45) is 11.1 Å². The molecule has 1 heterocycles. The molecule has 0 aliphatic carbocycles. The van der Waals surface area contributed by atoms with Crippen LogP contribution in [0, 0.1) is 5.41 Å². The second-order valence-corrected chi connectivity index (χ2v) is 6.61. The van der Waals surface area contributed by atoms with Crippen molar-refractivity contribution in [3.63, 3.8) is 0 Å². The Kier molecular flexibility index (Phi) is 6.07. The zero-order chi connectivity index (χ0) is 15.1. The molecule has 0 aromatic heterocycles. The predicted octanol–water partition coefficient (Wildman–Crippen LogP) is 3.08. The summed E-state index contributed by atoms with van der Waals surface area (Å²) in [4.78, 5) is 2.59. The molecule has 0 spiro atoms. The molecule has 1 aliphatic rings. The summed E-state index contributed by atoms with van der Waals surface area (Å²) >= 11 is 0. The van der Waals surface area contributed by atoms with Crippen LogP contribution in [0.2, 0.25) is 0 Å². The normalized spacial score (nSPS) is 19.2. The van der Waals surface area contributed by atoms with Crippen molar-refractivity contribution in [3.8, 4) is 5.75 Å². The van der Waals surface area contributed by atoms with Crippen LogP contribution in [0.1, 0.15) is 38.7 Å². The lowest BCUT2D eigenvalue weighted by molar-refractivity contribution is 0.145. The van der Waals surface area contributed by atoms with Crippen molar-refractivity contribution < 1.29 is 4.74 Å². The van der Waals surface area contributed by atoms with E-state index in [4.69, 9.17) is 10.5 Å². The van der Waals surface area contributed by atoms with Gasteiger partial charge in [0.15, 0.2) is 0 Å². The average molecular weight is 290 g/mol. The summed E-state index contributed by atoms with van der Waals surface area (Å²) in [6.45, 7) is 9.36. The Hall–Kier alpha value is -1.06. The van der Waals surface area contributed by atoms with E-state index in [1.807, 2.05) is 6.92 Å². The Morgan fingerprint density at radius 3 is 2.38 bits per heavy atom. The highest BCUT2D eigenvalue weighted by molar-refractivity contribution is 5.28. The molecule has 2 N–H and O–H groups in total. The second-order valence-electron chi connectivity index (χ2n) is 6.61. The maximum absolute atomic E-state index is 6.10. The zero-order valence-corrected chi connectivity index (χ0v) is 13.6. The topological polar surface area (TPSA) is 38.5 Å². The molecule has 1 fully saturated rings. The van der Waals surface area contributed by atoms with Gasteiger partial charge in [0.2, 0.25) is 0 Å². The van der Waals surface area contributed by atoms with Gasteiger partial charge in [-0.1, -0.05) is 25.5 Å². The van der Waals surface area contributed by atoms with Gasteiger partial charge in [-0.3, -0.25) is 0 Å². The van der Waals surface area contributed by atoms with Crippen LogP contribution in [0.25, 0.3) is 0 Å². The molecule has 1 unspecified atom stereocenters. The Balaban J connectivity index is 1.95. The van der Waals surface area contributed by atoms with E-state index in [0.717, 1.165) is 31.9 Å². The summed E-state index contributed by atoms with van der Waals surface area (Å²) in [7, 11) is 0. The van der Waals surface area contributed by atoms with Gasteiger partial charge in [-0.15, -0.1) is 0 Å². The standard InChI is InChI=1S/C18H30N2O/c1-3-21-17-9-7-16(8-10-17)13-18(2,14-19)15-20-11-5-4-6-12-20/h7-10H,3-6,11-15,19H2,1-2H3. The first kappa shape index (κ1) is 16.3. The number of ether oxygens (including phenoxy) is 1. The monoisotopic (exact) mass is 290 g/mol. The lowest BCUT2D eigenvalue weighted by Gasteiger charge is -2.36. The van der Waals surface area contributed by atoms with E-state index < -0.39 is 0 Å². The van der Waals surface area contributed by atoms with E-state index in [2.05, 4.69) is 36.1 Å². The number of hydrogen-bond acceptors (Lipinski definition) is 3. The molecule has 1 saturated heterocycles. The lowest BCUT2D eigenvalue weighted by atomic mass is 9.82. The summed E-state index contributed by atoms with van der Waals surface area (Å²) in [5, 5.41) is 0. The zero-order valence-electron chi connectivity index (χ0n) is 13.6. The van der Waals surface area contributed by atoms with Crippen molar-refractivity contribution in [1.82, 2.24) is 4.90 Å². The molecular weight excluding hydrogens is 260 g/mol. The molecule has 3 heteroatoms. The molecular formula is C18H30N2O. The van der Waals surface area contributed by atoms with E-state index >= 15 is 0 Å². The third-order valence-electron chi connectivity index (χ3n) is 4.41. The molecule has 3 nitrogen and oxygen atoms in total. The molecule has 2 rings (SSSR count). The highest BCUT2D eigenvalue weighted by atomic mass is 16.5. The highest BCUT2D eigenvalue weighted by Gasteiger charge is 2.26. The Morgan fingerprint density at radius 1 is 1.14 bits per heavy atom. The fraction of sp³-hybridized carbons (Fsp3) is 0.667. The third kappa shape index (κ3) is 5.01. The van der Waals surface area contributed by atoms with E-state index in [-0.39, 0.29) is 5.41 Å². The SMILES string of the molecule is CCOc1ccc(CC(C)(CN)CN2CCCCC2)cc1. The number of likely N-dealkylation sites (tertiary alicyclic amines) is 1. The van der Waals surface area contributed by atoms with E-state index in [1.54, 1.807) is 0 Å². The summed E-state index contributed by atoms with van der Waals surface area (Å²) in [5.41, 5.74) is 7.61. The molecule has 21 heavy (non-hydrogen) atoms. The fourth-order valence-corrected chi connectivity index (χ4v) is 3.21. The van der Waals surface area contributed by atoms with Crippen LogP contribution in [0.15, 0.2) is 24.3 Å². The first-order chi connectivity index (χ1) is 10.1. The average Bonchev–Trinajstić information content (AvgIpc) is 2.50. The van der Waals surface area contributed by atoms with Gasteiger partial charge in [-0.05, 0) is 68.9 Å². The summed E-state index contributed by atoms with van der Waals surface area (Å²) in [6.07, 6.45) is 5.09. The smallest absolute Gasteiger partial charge is 0.119 e. The molecule has 0 amide bonds. The first-order valence-electron chi connectivity index (χ1n) is 8.29. The van der Waals surface area contributed by atoms with Crippen LogP contribution in [0.5, 0.6) is 5.75 Å². The summed E-state index contributed by atoms with van der Waals surface area (Å²) in [5.74, 6) is 0.951. The molecule has 1 aromatic rings. The van der Waals surface area contributed by atoms with Gasteiger partial charge < -0.3 is 15.4 Å². The third-order valence-corrected chi connectivity index (χ3v) is 4.41. The molecule has 0 radical (unpaired) electrons. The number of rotatable bonds is 7. The van der Waals surface area contributed by atoms with Crippen LogP contribution >= 0.6 is 0 Å². The minimum Gasteiger partial charge on any atom is -0.494 e. The molecule has 1 aromatic carbocycles. The molecule has 1 atom stereocenters. The van der Waals surface area contributed by atoms with Crippen molar-refractivity contribution in [2.75, 3.05) is 32.8 Å². The lowest BCUT2D eigenvalue weighted by Crippen LogP contribution is -2.44. The van der Waals surface area contributed by atoms with Crippen LogP contribution < -0.4 is 10.5 Å². The largest absolute Gasteiger partial charge is 0.494 e.